The van der Waals surface area contributed by atoms with Crippen molar-refractivity contribution in [3.63, 3.8) is 0 Å². The highest BCUT2D eigenvalue weighted by atomic mass is 16.1. The first-order chi connectivity index (χ1) is 6.45. The van der Waals surface area contributed by atoms with E-state index in [1.807, 2.05) is 6.92 Å². The maximum absolute atomic E-state index is 10.7. The summed E-state index contributed by atoms with van der Waals surface area (Å²) in [5.74, 6) is -0.290. The monoisotopic (exact) mass is 200 g/mol. The van der Waals surface area contributed by atoms with Crippen molar-refractivity contribution in [2.45, 2.75) is 33.6 Å². The molecule has 0 fully saturated rings. The highest BCUT2D eigenvalue weighted by Gasteiger charge is 1.96. The Kier molecular flexibility index (Phi) is 10.6. The SMILES string of the molecule is C=C(C)C(=O)NCCC.CCC(N)=O. The van der Waals surface area contributed by atoms with E-state index in [0.717, 1.165) is 13.0 Å². The van der Waals surface area contributed by atoms with E-state index in [1.165, 1.54) is 0 Å². The van der Waals surface area contributed by atoms with E-state index in [4.69, 9.17) is 0 Å². The van der Waals surface area contributed by atoms with Gasteiger partial charge < -0.3 is 11.1 Å². The van der Waals surface area contributed by atoms with E-state index in [-0.39, 0.29) is 11.8 Å². The Balaban J connectivity index is 0. The normalized spacial score (nSPS) is 8.21. The molecule has 4 nitrogen and oxygen atoms in total. The van der Waals surface area contributed by atoms with Crippen LogP contribution >= 0.6 is 0 Å². The van der Waals surface area contributed by atoms with Crippen molar-refractivity contribution in [3.05, 3.63) is 12.2 Å². The molecule has 0 unspecified atom stereocenters. The number of carbonyl (C=O) groups is 2. The van der Waals surface area contributed by atoms with Gasteiger partial charge in [0, 0.05) is 18.5 Å². The smallest absolute Gasteiger partial charge is 0.246 e. The summed E-state index contributed by atoms with van der Waals surface area (Å²) in [6.07, 6.45) is 1.42. The van der Waals surface area contributed by atoms with Crippen LogP contribution in [-0.2, 0) is 9.59 Å². The maximum atomic E-state index is 10.7. The molecule has 3 N–H and O–H groups in total. The molecule has 0 aromatic rings. The Hall–Kier alpha value is -1.32. The van der Waals surface area contributed by atoms with Crippen LogP contribution in [0.4, 0.5) is 0 Å². The molecule has 0 aliphatic heterocycles. The summed E-state index contributed by atoms with van der Waals surface area (Å²) in [5, 5.41) is 2.69. The Morgan fingerprint density at radius 2 is 1.79 bits per heavy atom. The number of hydrogen-bond acceptors (Lipinski definition) is 2. The maximum Gasteiger partial charge on any atom is 0.246 e. The highest BCUT2D eigenvalue weighted by Crippen LogP contribution is 1.84. The minimum atomic E-state index is -0.245. The lowest BCUT2D eigenvalue weighted by Crippen LogP contribution is -2.24. The van der Waals surface area contributed by atoms with Crippen molar-refractivity contribution in [2.24, 2.45) is 5.73 Å². The molecule has 0 saturated carbocycles. The highest BCUT2D eigenvalue weighted by molar-refractivity contribution is 5.91. The molecule has 0 radical (unpaired) electrons. The average Bonchev–Trinajstić information content (AvgIpc) is 2.14. The van der Waals surface area contributed by atoms with Crippen LogP contribution in [-0.4, -0.2) is 18.4 Å². The summed E-state index contributed by atoms with van der Waals surface area (Å²) in [7, 11) is 0. The van der Waals surface area contributed by atoms with Crippen molar-refractivity contribution in [1.82, 2.24) is 5.32 Å². The zero-order valence-electron chi connectivity index (χ0n) is 9.22. The number of nitrogens with one attached hydrogen (secondary N) is 1. The van der Waals surface area contributed by atoms with Crippen molar-refractivity contribution in [2.75, 3.05) is 6.54 Å². The van der Waals surface area contributed by atoms with Crippen LogP contribution in [0.5, 0.6) is 0 Å². The van der Waals surface area contributed by atoms with Crippen LogP contribution in [0, 0.1) is 0 Å². The predicted molar refractivity (Wildman–Crippen MR) is 57.6 cm³/mol. The van der Waals surface area contributed by atoms with Gasteiger partial charge in [0.2, 0.25) is 11.8 Å². The van der Waals surface area contributed by atoms with Gasteiger partial charge in [-0.15, -0.1) is 0 Å². The summed E-state index contributed by atoms with van der Waals surface area (Å²) < 4.78 is 0. The molecule has 0 bridgehead atoms. The van der Waals surface area contributed by atoms with Crippen LogP contribution in [0.2, 0.25) is 0 Å². The Labute approximate surface area is 85.6 Å². The zero-order valence-corrected chi connectivity index (χ0v) is 9.22. The third kappa shape index (κ3) is 13.3. The van der Waals surface area contributed by atoms with Gasteiger partial charge in [-0.3, -0.25) is 9.59 Å². The zero-order chi connectivity index (χ0) is 11.6. The molecule has 0 spiro atoms. The van der Waals surface area contributed by atoms with Gasteiger partial charge in [0.05, 0.1) is 0 Å². The van der Waals surface area contributed by atoms with Crippen molar-refractivity contribution in [1.29, 1.82) is 0 Å². The van der Waals surface area contributed by atoms with Gasteiger partial charge in [0.1, 0.15) is 0 Å². The van der Waals surface area contributed by atoms with E-state index < -0.39 is 0 Å². The first-order valence-corrected chi connectivity index (χ1v) is 4.67. The van der Waals surface area contributed by atoms with Gasteiger partial charge in [-0.1, -0.05) is 20.4 Å². The average molecular weight is 200 g/mol. The summed E-state index contributed by atoms with van der Waals surface area (Å²) in [6, 6.07) is 0. The third-order valence-electron chi connectivity index (χ3n) is 1.27. The molecule has 0 aliphatic rings. The Morgan fingerprint density at radius 3 is 2.00 bits per heavy atom. The number of amides is 2. The van der Waals surface area contributed by atoms with Crippen molar-refractivity contribution >= 4 is 11.8 Å². The first-order valence-electron chi connectivity index (χ1n) is 4.67. The van der Waals surface area contributed by atoms with Gasteiger partial charge >= 0.3 is 0 Å². The van der Waals surface area contributed by atoms with E-state index in [9.17, 15) is 9.59 Å². The molecule has 0 heterocycles. The minimum absolute atomic E-state index is 0.0446. The summed E-state index contributed by atoms with van der Waals surface area (Å²) in [6.45, 7) is 9.67. The van der Waals surface area contributed by atoms with Crippen molar-refractivity contribution < 1.29 is 9.59 Å². The van der Waals surface area contributed by atoms with Gasteiger partial charge in [0.15, 0.2) is 0 Å². The Morgan fingerprint density at radius 1 is 1.36 bits per heavy atom. The van der Waals surface area contributed by atoms with E-state index in [2.05, 4.69) is 17.6 Å². The standard InChI is InChI=1S/C7H13NO.C3H7NO/c1-4-5-8-7(9)6(2)3;1-2-3(4)5/h2,4-5H2,1,3H3,(H,8,9);2H2,1H3,(H2,4,5). The molecular weight excluding hydrogens is 180 g/mol. The van der Waals surface area contributed by atoms with Crippen LogP contribution in [0.3, 0.4) is 0 Å². The molecule has 14 heavy (non-hydrogen) atoms. The molecule has 0 saturated heterocycles. The van der Waals surface area contributed by atoms with Crippen LogP contribution in [0.25, 0.3) is 0 Å². The molecule has 0 aromatic carbocycles. The largest absolute Gasteiger partial charge is 0.370 e. The molecular formula is C10H20N2O2. The number of primary amides is 1. The van der Waals surface area contributed by atoms with Crippen molar-refractivity contribution in [3.8, 4) is 0 Å². The van der Waals surface area contributed by atoms with Crippen LogP contribution < -0.4 is 11.1 Å². The first kappa shape index (κ1) is 15.2. The van der Waals surface area contributed by atoms with Crippen LogP contribution in [0.1, 0.15) is 33.6 Å². The molecule has 0 rings (SSSR count). The lowest BCUT2D eigenvalue weighted by Gasteiger charge is -1.99. The molecule has 4 heteroatoms. The lowest BCUT2D eigenvalue weighted by atomic mass is 10.3. The van der Waals surface area contributed by atoms with Gasteiger partial charge in [0.25, 0.3) is 0 Å². The summed E-state index contributed by atoms with van der Waals surface area (Å²) >= 11 is 0. The lowest BCUT2D eigenvalue weighted by molar-refractivity contribution is -0.118. The fourth-order valence-corrected chi connectivity index (χ4v) is 0.389. The Bertz CT molecular complexity index is 200. The molecule has 0 aliphatic carbocycles. The second-order valence-electron chi connectivity index (χ2n) is 2.86. The molecule has 2 amide bonds. The molecule has 0 aromatic heterocycles. The number of carbonyl (C=O) groups excluding carboxylic acids is 2. The fraction of sp³-hybridized carbons (Fsp3) is 0.600. The van der Waals surface area contributed by atoms with Gasteiger partial charge in [-0.25, -0.2) is 0 Å². The summed E-state index contributed by atoms with van der Waals surface area (Å²) in [4.78, 5) is 20.3. The summed E-state index contributed by atoms with van der Waals surface area (Å²) in [5.41, 5.74) is 5.23. The van der Waals surface area contributed by atoms with Crippen LogP contribution in [0.15, 0.2) is 12.2 Å². The third-order valence-corrected chi connectivity index (χ3v) is 1.27. The second-order valence-corrected chi connectivity index (χ2v) is 2.86. The quantitative estimate of drug-likeness (QED) is 0.664. The van der Waals surface area contributed by atoms with Gasteiger partial charge in [-0.2, -0.15) is 0 Å². The topological polar surface area (TPSA) is 72.2 Å². The molecule has 0 atom stereocenters. The van der Waals surface area contributed by atoms with E-state index in [0.29, 0.717) is 12.0 Å². The second kappa shape index (κ2) is 9.77. The molecule has 82 valence electrons. The van der Waals surface area contributed by atoms with E-state index in [1.54, 1.807) is 13.8 Å². The minimum Gasteiger partial charge on any atom is -0.370 e. The van der Waals surface area contributed by atoms with Gasteiger partial charge in [-0.05, 0) is 13.3 Å². The number of nitrogens with two attached hydrogens (primary N) is 1. The fourth-order valence-electron chi connectivity index (χ4n) is 0.389. The number of hydrogen-bond donors (Lipinski definition) is 2. The number of rotatable bonds is 4. The predicted octanol–water partition coefficient (Wildman–Crippen LogP) is 0.970. The van der Waals surface area contributed by atoms with E-state index >= 15 is 0 Å².